The van der Waals surface area contributed by atoms with E-state index in [-0.39, 0.29) is 0 Å². The summed E-state index contributed by atoms with van der Waals surface area (Å²) >= 11 is 0. The van der Waals surface area contributed by atoms with Crippen LogP contribution in [0.3, 0.4) is 0 Å². The van der Waals surface area contributed by atoms with E-state index in [1.807, 2.05) is 6.20 Å². The Morgan fingerprint density at radius 2 is 2.20 bits per heavy atom. The van der Waals surface area contributed by atoms with E-state index in [4.69, 9.17) is 0 Å². The maximum atomic E-state index is 4.32. The molecule has 86 valence electrons. The molecule has 0 aromatic carbocycles. The van der Waals surface area contributed by atoms with Gasteiger partial charge in [0.1, 0.15) is 0 Å². The number of nitrogens with zero attached hydrogens (tertiary/aromatic N) is 2. The van der Waals surface area contributed by atoms with Gasteiger partial charge in [-0.3, -0.25) is 4.68 Å². The first-order chi connectivity index (χ1) is 7.33. The summed E-state index contributed by atoms with van der Waals surface area (Å²) in [5.74, 6) is 0. The molecule has 1 aromatic heterocycles. The van der Waals surface area contributed by atoms with Gasteiger partial charge < -0.3 is 5.32 Å². The third-order valence-corrected chi connectivity index (χ3v) is 2.70. The number of unbranched alkanes of at least 4 members (excludes halogenated alkanes) is 1. The van der Waals surface area contributed by atoms with Crippen molar-refractivity contribution in [2.75, 3.05) is 6.54 Å². The van der Waals surface area contributed by atoms with Crippen molar-refractivity contribution in [3.63, 3.8) is 0 Å². The van der Waals surface area contributed by atoms with Gasteiger partial charge in [0, 0.05) is 18.8 Å². The summed E-state index contributed by atoms with van der Waals surface area (Å²) in [6.07, 6.45) is 5.62. The summed E-state index contributed by atoms with van der Waals surface area (Å²) in [4.78, 5) is 0. The highest BCUT2D eigenvalue weighted by Gasteiger charge is 2.13. The van der Waals surface area contributed by atoms with E-state index in [1.54, 1.807) is 0 Å². The fourth-order valence-corrected chi connectivity index (χ4v) is 1.91. The van der Waals surface area contributed by atoms with Gasteiger partial charge in [0.05, 0.1) is 5.69 Å². The van der Waals surface area contributed by atoms with Crippen molar-refractivity contribution < 1.29 is 0 Å². The Kier molecular flexibility index (Phi) is 5.40. The molecule has 1 N–H and O–H groups in total. The molecule has 1 rings (SSSR count). The van der Waals surface area contributed by atoms with Gasteiger partial charge in [-0.1, -0.05) is 26.7 Å². The van der Waals surface area contributed by atoms with E-state index < -0.39 is 0 Å². The molecule has 0 spiro atoms. The van der Waals surface area contributed by atoms with Crippen LogP contribution in [-0.4, -0.2) is 16.3 Å². The lowest BCUT2D eigenvalue weighted by atomic mass is 10.1. The minimum absolute atomic E-state index is 0.470. The molecule has 0 aliphatic carbocycles. The summed E-state index contributed by atoms with van der Waals surface area (Å²) in [5, 5.41) is 7.86. The van der Waals surface area contributed by atoms with E-state index >= 15 is 0 Å². The zero-order valence-corrected chi connectivity index (χ0v) is 10.2. The van der Waals surface area contributed by atoms with Crippen molar-refractivity contribution in [3.05, 3.63) is 18.0 Å². The van der Waals surface area contributed by atoms with Gasteiger partial charge >= 0.3 is 0 Å². The van der Waals surface area contributed by atoms with Gasteiger partial charge in [-0.2, -0.15) is 5.10 Å². The average molecular weight is 209 g/mol. The summed E-state index contributed by atoms with van der Waals surface area (Å²) in [6, 6.07) is 2.60. The maximum absolute atomic E-state index is 4.32. The van der Waals surface area contributed by atoms with Crippen LogP contribution in [0.5, 0.6) is 0 Å². The van der Waals surface area contributed by atoms with Crippen LogP contribution in [-0.2, 0) is 6.54 Å². The normalized spacial score (nSPS) is 13.0. The second-order valence-electron chi connectivity index (χ2n) is 3.82. The molecule has 0 saturated carbocycles. The number of aromatic nitrogens is 2. The Balaban J connectivity index is 2.69. The maximum Gasteiger partial charge on any atom is 0.0553 e. The first kappa shape index (κ1) is 12.2. The van der Waals surface area contributed by atoms with Gasteiger partial charge in [0.15, 0.2) is 0 Å². The molecule has 1 aromatic rings. The van der Waals surface area contributed by atoms with Gasteiger partial charge in [0.25, 0.3) is 0 Å². The lowest BCUT2D eigenvalue weighted by Crippen LogP contribution is -2.23. The van der Waals surface area contributed by atoms with Crippen molar-refractivity contribution in [3.8, 4) is 0 Å². The molecule has 1 unspecified atom stereocenters. The molecule has 3 nitrogen and oxygen atoms in total. The largest absolute Gasteiger partial charge is 0.309 e. The quantitative estimate of drug-likeness (QED) is 0.748. The van der Waals surface area contributed by atoms with Crippen LogP contribution in [0, 0.1) is 0 Å². The summed E-state index contributed by atoms with van der Waals surface area (Å²) in [6.45, 7) is 8.50. The zero-order valence-electron chi connectivity index (χ0n) is 10.2. The third kappa shape index (κ3) is 3.34. The SMILES string of the molecule is CCCCC(NCC)c1ccnn1CC. The van der Waals surface area contributed by atoms with Crippen molar-refractivity contribution in [1.29, 1.82) is 0 Å². The molecule has 0 fully saturated rings. The topological polar surface area (TPSA) is 29.9 Å². The molecule has 3 heteroatoms. The van der Waals surface area contributed by atoms with E-state index in [1.165, 1.54) is 25.0 Å². The van der Waals surface area contributed by atoms with Crippen LogP contribution >= 0.6 is 0 Å². The third-order valence-electron chi connectivity index (χ3n) is 2.70. The summed E-state index contributed by atoms with van der Waals surface area (Å²) < 4.78 is 2.09. The molecule has 15 heavy (non-hydrogen) atoms. The second kappa shape index (κ2) is 6.62. The monoisotopic (exact) mass is 209 g/mol. The Hall–Kier alpha value is -0.830. The molecule has 0 amide bonds. The molecule has 0 bridgehead atoms. The van der Waals surface area contributed by atoms with Crippen LogP contribution in [0.25, 0.3) is 0 Å². The summed E-state index contributed by atoms with van der Waals surface area (Å²) in [7, 11) is 0. The van der Waals surface area contributed by atoms with Crippen molar-refractivity contribution in [2.45, 2.75) is 52.6 Å². The first-order valence-electron chi connectivity index (χ1n) is 6.08. The van der Waals surface area contributed by atoms with Crippen LogP contribution in [0.1, 0.15) is 51.8 Å². The predicted octanol–water partition coefficient (Wildman–Crippen LogP) is 2.74. The van der Waals surface area contributed by atoms with E-state index in [2.05, 4.69) is 41.9 Å². The van der Waals surface area contributed by atoms with E-state index in [0.29, 0.717) is 6.04 Å². The molecule has 1 atom stereocenters. The van der Waals surface area contributed by atoms with Crippen LogP contribution in [0.15, 0.2) is 12.3 Å². The first-order valence-corrected chi connectivity index (χ1v) is 6.08. The average Bonchev–Trinajstić information content (AvgIpc) is 2.72. The highest BCUT2D eigenvalue weighted by molar-refractivity contribution is 5.06. The van der Waals surface area contributed by atoms with E-state index in [9.17, 15) is 0 Å². The molecule has 0 aliphatic rings. The standard InChI is InChI=1S/C12H23N3/c1-4-7-8-11(13-5-2)12-9-10-14-15(12)6-3/h9-11,13H,4-8H2,1-3H3. The lowest BCUT2D eigenvalue weighted by Gasteiger charge is -2.18. The lowest BCUT2D eigenvalue weighted by molar-refractivity contribution is 0.453. The molecule has 0 radical (unpaired) electrons. The Morgan fingerprint density at radius 1 is 1.40 bits per heavy atom. The number of hydrogen-bond acceptors (Lipinski definition) is 2. The zero-order chi connectivity index (χ0) is 11.1. The van der Waals surface area contributed by atoms with Crippen LogP contribution < -0.4 is 5.32 Å². The molecular weight excluding hydrogens is 186 g/mol. The predicted molar refractivity (Wildman–Crippen MR) is 63.8 cm³/mol. The molecule has 0 aliphatic heterocycles. The van der Waals surface area contributed by atoms with Gasteiger partial charge in [0.2, 0.25) is 0 Å². The van der Waals surface area contributed by atoms with Crippen molar-refractivity contribution in [2.24, 2.45) is 0 Å². The smallest absolute Gasteiger partial charge is 0.0553 e. The van der Waals surface area contributed by atoms with Gasteiger partial charge in [-0.05, 0) is 26.0 Å². The highest BCUT2D eigenvalue weighted by atomic mass is 15.3. The second-order valence-corrected chi connectivity index (χ2v) is 3.82. The van der Waals surface area contributed by atoms with Gasteiger partial charge in [-0.15, -0.1) is 0 Å². The fourth-order valence-electron chi connectivity index (χ4n) is 1.91. The molecule has 1 heterocycles. The van der Waals surface area contributed by atoms with Crippen molar-refractivity contribution >= 4 is 0 Å². The van der Waals surface area contributed by atoms with Crippen LogP contribution in [0.2, 0.25) is 0 Å². The minimum atomic E-state index is 0.470. The number of hydrogen-bond donors (Lipinski definition) is 1. The van der Waals surface area contributed by atoms with E-state index in [0.717, 1.165) is 13.1 Å². The summed E-state index contributed by atoms with van der Waals surface area (Å²) in [5.41, 5.74) is 1.33. The fraction of sp³-hybridized carbons (Fsp3) is 0.750. The van der Waals surface area contributed by atoms with Gasteiger partial charge in [-0.25, -0.2) is 0 Å². The Labute approximate surface area is 92.9 Å². The van der Waals surface area contributed by atoms with Crippen LogP contribution in [0.4, 0.5) is 0 Å². The highest BCUT2D eigenvalue weighted by Crippen LogP contribution is 2.18. The minimum Gasteiger partial charge on any atom is -0.309 e. The number of rotatable bonds is 7. The molecule has 0 saturated heterocycles. The van der Waals surface area contributed by atoms with Crippen molar-refractivity contribution in [1.82, 2.24) is 15.1 Å². The number of nitrogens with one attached hydrogen (secondary N) is 1. The Morgan fingerprint density at radius 3 is 2.80 bits per heavy atom. The number of aryl methyl sites for hydroxylation is 1. The Bertz CT molecular complexity index is 268. The molecular formula is C12H23N3.